The van der Waals surface area contributed by atoms with Gasteiger partial charge in [0, 0.05) is 25.2 Å². The van der Waals surface area contributed by atoms with E-state index in [1.165, 1.54) is 11.8 Å². The number of hydrogen-bond acceptors (Lipinski definition) is 5. The van der Waals surface area contributed by atoms with Gasteiger partial charge in [-0.25, -0.2) is 8.78 Å². The molecule has 1 aliphatic heterocycles. The van der Waals surface area contributed by atoms with Crippen molar-refractivity contribution in [2.24, 2.45) is 5.92 Å². The SMILES string of the molecule is O=C(NCCNC(=O)C1CC=C(Cl)S1)c1c(F)cc(O[C@H]2CC[C@@H](C(=O)O)CC2)cc1F. The van der Waals surface area contributed by atoms with Gasteiger partial charge in [0.1, 0.15) is 22.9 Å². The highest BCUT2D eigenvalue weighted by atomic mass is 35.5. The summed E-state index contributed by atoms with van der Waals surface area (Å²) in [6.45, 7) is 0.0930. The van der Waals surface area contributed by atoms with Gasteiger partial charge in [0.15, 0.2) is 0 Å². The minimum absolute atomic E-state index is 0.00687. The Kier molecular flexibility index (Phi) is 8.36. The van der Waals surface area contributed by atoms with Gasteiger partial charge in [-0.05, 0) is 32.1 Å². The maximum Gasteiger partial charge on any atom is 0.306 e. The van der Waals surface area contributed by atoms with E-state index in [9.17, 15) is 23.2 Å². The number of carbonyl (C=O) groups excluding carboxylic acids is 2. The van der Waals surface area contributed by atoms with E-state index in [0.29, 0.717) is 36.5 Å². The van der Waals surface area contributed by atoms with E-state index >= 15 is 0 Å². The van der Waals surface area contributed by atoms with Gasteiger partial charge in [-0.15, -0.1) is 11.8 Å². The Morgan fingerprint density at radius 3 is 2.28 bits per heavy atom. The fourth-order valence-electron chi connectivity index (χ4n) is 3.61. The standard InChI is InChI=1S/C21H23ClF2N2O5S/c22-17-6-5-16(32-17)19(27)25-7-8-26-20(28)18-14(23)9-13(10-15(18)24)31-12-3-1-11(2-4-12)21(29)30/h6,9-12,16H,1-5,7-8H2,(H,25,27)(H,26,28)(H,29,30)/t11-,12+,16?. The topological polar surface area (TPSA) is 105 Å². The third-order valence-corrected chi connectivity index (χ3v) is 6.82. The number of nitrogens with one attached hydrogen (secondary N) is 2. The van der Waals surface area contributed by atoms with Gasteiger partial charge >= 0.3 is 5.97 Å². The number of carboxylic acids is 1. The number of aliphatic carboxylic acids is 1. The normalized spacial score (nSPS) is 22.7. The van der Waals surface area contributed by atoms with Crippen molar-refractivity contribution in [1.82, 2.24) is 10.6 Å². The van der Waals surface area contributed by atoms with Crippen LogP contribution in [0.1, 0.15) is 42.5 Å². The van der Waals surface area contributed by atoms with E-state index < -0.39 is 35.0 Å². The van der Waals surface area contributed by atoms with Gasteiger partial charge in [0.2, 0.25) is 5.91 Å². The lowest BCUT2D eigenvalue weighted by atomic mass is 9.87. The fourth-order valence-corrected chi connectivity index (χ4v) is 4.87. The van der Waals surface area contributed by atoms with Crippen molar-refractivity contribution in [3.8, 4) is 5.75 Å². The average Bonchev–Trinajstić information content (AvgIpc) is 3.17. The zero-order valence-corrected chi connectivity index (χ0v) is 18.6. The molecule has 1 aromatic rings. The summed E-state index contributed by atoms with van der Waals surface area (Å²) >= 11 is 7.06. The first-order chi connectivity index (χ1) is 15.2. The predicted molar refractivity (Wildman–Crippen MR) is 116 cm³/mol. The summed E-state index contributed by atoms with van der Waals surface area (Å²) in [6.07, 6.45) is 3.74. The van der Waals surface area contributed by atoms with Crippen molar-refractivity contribution in [3.63, 3.8) is 0 Å². The number of allylic oxidation sites excluding steroid dienone is 1. The molecule has 1 atom stereocenters. The van der Waals surface area contributed by atoms with Crippen LogP contribution in [0.15, 0.2) is 22.6 Å². The Morgan fingerprint density at radius 2 is 1.72 bits per heavy atom. The molecule has 1 saturated carbocycles. The van der Waals surface area contributed by atoms with Gasteiger partial charge < -0.3 is 20.5 Å². The second-order valence-electron chi connectivity index (χ2n) is 7.59. The molecular weight excluding hydrogens is 466 g/mol. The molecule has 0 saturated heterocycles. The zero-order valence-electron chi connectivity index (χ0n) is 17.0. The number of amides is 2. The van der Waals surface area contributed by atoms with Crippen LogP contribution in [-0.4, -0.2) is 47.3 Å². The van der Waals surface area contributed by atoms with Crippen molar-refractivity contribution in [2.45, 2.75) is 43.5 Å². The molecule has 0 spiro atoms. The lowest BCUT2D eigenvalue weighted by Crippen LogP contribution is -2.38. The van der Waals surface area contributed by atoms with Gasteiger partial charge in [-0.1, -0.05) is 17.7 Å². The second-order valence-corrected chi connectivity index (χ2v) is 9.46. The molecule has 2 aliphatic rings. The van der Waals surface area contributed by atoms with Crippen molar-refractivity contribution in [3.05, 3.63) is 39.8 Å². The maximum absolute atomic E-state index is 14.4. The summed E-state index contributed by atoms with van der Waals surface area (Å²) in [5.41, 5.74) is -0.736. The number of halogens is 3. The highest BCUT2D eigenvalue weighted by molar-refractivity contribution is 8.06. The second kappa shape index (κ2) is 11.0. The smallest absolute Gasteiger partial charge is 0.306 e. The van der Waals surface area contributed by atoms with E-state index in [0.717, 1.165) is 12.1 Å². The van der Waals surface area contributed by atoms with E-state index in [1.807, 2.05) is 0 Å². The van der Waals surface area contributed by atoms with Gasteiger partial charge in [-0.3, -0.25) is 14.4 Å². The zero-order chi connectivity index (χ0) is 23.3. The van der Waals surface area contributed by atoms with Gasteiger partial charge in [0.05, 0.1) is 21.6 Å². The first-order valence-corrected chi connectivity index (χ1v) is 11.5. The molecule has 174 valence electrons. The summed E-state index contributed by atoms with van der Waals surface area (Å²) < 4.78 is 35.0. The van der Waals surface area contributed by atoms with Crippen LogP contribution in [0.25, 0.3) is 0 Å². The Bertz CT molecular complexity index is 898. The van der Waals surface area contributed by atoms with Gasteiger partial charge in [0.25, 0.3) is 5.91 Å². The number of hydrogen-bond donors (Lipinski definition) is 3. The Balaban J connectivity index is 1.47. The van der Waals surface area contributed by atoms with Crippen LogP contribution < -0.4 is 15.4 Å². The molecule has 3 rings (SSSR count). The third-order valence-electron chi connectivity index (χ3n) is 5.32. The highest BCUT2D eigenvalue weighted by Crippen LogP contribution is 2.34. The molecular formula is C21H23ClF2N2O5S. The van der Waals surface area contributed by atoms with E-state index in [2.05, 4.69) is 10.6 Å². The molecule has 1 heterocycles. The summed E-state index contributed by atoms with van der Waals surface area (Å²) in [4.78, 5) is 35.2. The third kappa shape index (κ3) is 6.35. The minimum atomic E-state index is -1.07. The molecule has 1 aromatic carbocycles. The molecule has 0 bridgehead atoms. The predicted octanol–water partition coefficient (Wildman–Crippen LogP) is 3.42. The van der Waals surface area contributed by atoms with Crippen molar-refractivity contribution < 1.29 is 33.0 Å². The van der Waals surface area contributed by atoms with Crippen LogP contribution in [0, 0.1) is 17.6 Å². The molecule has 7 nitrogen and oxygen atoms in total. The first-order valence-electron chi connectivity index (χ1n) is 10.2. The van der Waals surface area contributed by atoms with E-state index in [4.69, 9.17) is 21.4 Å². The van der Waals surface area contributed by atoms with E-state index in [1.54, 1.807) is 6.08 Å². The van der Waals surface area contributed by atoms with Crippen LogP contribution in [0.3, 0.4) is 0 Å². The summed E-state index contributed by atoms with van der Waals surface area (Å²) in [6, 6.07) is 1.88. The molecule has 0 aromatic heterocycles. The Morgan fingerprint density at radius 1 is 1.09 bits per heavy atom. The number of benzene rings is 1. The summed E-state index contributed by atoms with van der Waals surface area (Å²) in [7, 11) is 0. The average molecular weight is 489 g/mol. The largest absolute Gasteiger partial charge is 0.490 e. The summed E-state index contributed by atoms with van der Waals surface area (Å²) in [5.74, 6) is -4.63. The van der Waals surface area contributed by atoms with Crippen LogP contribution in [0.4, 0.5) is 8.78 Å². The number of carbonyl (C=O) groups is 3. The molecule has 3 N–H and O–H groups in total. The van der Waals surface area contributed by atoms with Crippen LogP contribution in [0.2, 0.25) is 0 Å². The maximum atomic E-state index is 14.4. The summed E-state index contributed by atoms with van der Waals surface area (Å²) in [5, 5.41) is 13.7. The fraction of sp³-hybridized carbons (Fsp3) is 0.476. The highest BCUT2D eigenvalue weighted by Gasteiger charge is 2.28. The number of ether oxygens (including phenoxy) is 1. The minimum Gasteiger partial charge on any atom is -0.490 e. The Labute approximate surface area is 192 Å². The van der Waals surface area contributed by atoms with Crippen LogP contribution in [-0.2, 0) is 9.59 Å². The Hall–Kier alpha value is -2.33. The van der Waals surface area contributed by atoms with Crippen molar-refractivity contribution in [1.29, 1.82) is 0 Å². The first kappa shape index (κ1) is 24.3. The molecule has 0 radical (unpaired) electrons. The lowest BCUT2D eigenvalue weighted by molar-refractivity contribution is -0.143. The number of carboxylic acid groups (broad SMARTS) is 1. The quantitative estimate of drug-likeness (QED) is 0.484. The van der Waals surface area contributed by atoms with Crippen LogP contribution >= 0.6 is 23.4 Å². The molecule has 11 heteroatoms. The lowest BCUT2D eigenvalue weighted by Gasteiger charge is -2.26. The molecule has 1 unspecified atom stereocenters. The molecule has 1 aliphatic carbocycles. The van der Waals surface area contributed by atoms with Crippen molar-refractivity contribution >= 4 is 41.1 Å². The van der Waals surface area contributed by atoms with Gasteiger partial charge in [-0.2, -0.15) is 0 Å². The molecule has 2 amide bonds. The van der Waals surface area contributed by atoms with Crippen LogP contribution in [0.5, 0.6) is 5.75 Å². The number of thioether (sulfide) groups is 1. The van der Waals surface area contributed by atoms with Crippen molar-refractivity contribution in [2.75, 3.05) is 13.1 Å². The monoisotopic (exact) mass is 488 g/mol. The molecule has 1 fully saturated rings. The number of rotatable bonds is 8. The van der Waals surface area contributed by atoms with E-state index in [-0.39, 0.29) is 36.1 Å². The molecule has 32 heavy (non-hydrogen) atoms.